The summed E-state index contributed by atoms with van der Waals surface area (Å²) < 4.78 is 2.49. The fourth-order valence-corrected chi connectivity index (χ4v) is 19.5. The van der Waals surface area contributed by atoms with Crippen molar-refractivity contribution in [1.29, 1.82) is 0 Å². The van der Waals surface area contributed by atoms with Crippen LogP contribution >= 0.6 is 123 Å². The van der Waals surface area contributed by atoms with Gasteiger partial charge in [0.25, 0.3) is 0 Å². The molecule has 8 aromatic rings. The van der Waals surface area contributed by atoms with E-state index in [1.165, 1.54) is 214 Å². The molecule has 10 heteroatoms. The first-order chi connectivity index (χ1) is 32.3. The van der Waals surface area contributed by atoms with E-state index in [9.17, 15) is 0 Å². The molecule has 66 heavy (non-hydrogen) atoms. The number of hydrogen-bond acceptors (Lipinski definition) is 8. The van der Waals surface area contributed by atoms with Gasteiger partial charge in [0.2, 0.25) is 0 Å². The summed E-state index contributed by atoms with van der Waals surface area (Å²) in [6, 6.07) is 29.0. The van der Waals surface area contributed by atoms with E-state index in [1.807, 2.05) is 90.7 Å². The summed E-state index contributed by atoms with van der Waals surface area (Å²) in [5, 5.41) is 0. The van der Waals surface area contributed by atoms with Crippen LogP contribution in [0.3, 0.4) is 0 Å². The van der Waals surface area contributed by atoms with Crippen LogP contribution in [0.4, 0.5) is 0 Å². The minimum atomic E-state index is 1.15. The Kier molecular flexibility index (Phi) is 19.8. The SMILES string of the molecule is CCCCCCc1cc(Br)sc1-c1ccc(-c2ccc(-c3sc(-c4cc(CCCCCC)c(-c5ccc(-c6ccc(-c7sc(Br)cc7CCCCCC)s6)s5)s4)cc3CCCCCC)s2)s1. The first-order valence-electron chi connectivity index (χ1n) is 24.6. The minimum absolute atomic E-state index is 1.15. The molecule has 0 radical (unpaired) electrons. The van der Waals surface area contributed by atoms with Gasteiger partial charge in [-0.25, -0.2) is 0 Å². The lowest BCUT2D eigenvalue weighted by molar-refractivity contribution is 0.668. The smallest absolute Gasteiger partial charge is 0.0708 e. The van der Waals surface area contributed by atoms with Gasteiger partial charge in [-0.05, 0) is 178 Å². The van der Waals surface area contributed by atoms with Crippen LogP contribution in [-0.4, -0.2) is 0 Å². The summed E-state index contributed by atoms with van der Waals surface area (Å²) in [4.78, 5) is 20.0. The van der Waals surface area contributed by atoms with Crippen LogP contribution in [0.5, 0.6) is 0 Å². The highest BCUT2D eigenvalue weighted by Crippen LogP contribution is 2.51. The Labute approximate surface area is 444 Å². The Morgan fingerprint density at radius 3 is 0.818 bits per heavy atom. The van der Waals surface area contributed by atoms with Gasteiger partial charge in [-0.1, -0.05) is 105 Å². The Morgan fingerprint density at radius 1 is 0.273 bits per heavy atom. The van der Waals surface area contributed by atoms with E-state index in [2.05, 4.69) is 132 Å². The molecule has 0 spiro atoms. The third-order valence-corrected chi connectivity index (χ3v) is 23.8. The van der Waals surface area contributed by atoms with Gasteiger partial charge in [-0.2, -0.15) is 0 Å². The molecule has 0 saturated carbocycles. The second-order valence-electron chi connectivity index (χ2n) is 17.6. The van der Waals surface area contributed by atoms with Gasteiger partial charge in [0.1, 0.15) is 0 Å². The molecule has 0 amide bonds. The number of thiophene rings is 8. The van der Waals surface area contributed by atoms with Crippen molar-refractivity contribution in [3.8, 4) is 68.3 Å². The summed E-state index contributed by atoms with van der Waals surface area (Å²) in [5.74, 6) is 0. The lowest BCUT2D eigenvalue weighted by atomic mass is 10.0. The average Bonchev–Trinajstić information content (AvgIpc) is 4.16. The van der Waals surface area contributed by atoms with Crippen molar-refractivity contribution >= 4 is 123 Å². The zero-order chi connectivity index (χ0) is 45.8. The van der Waals surface area contributed by atoms with E-state index in [0.717, 1.165) is 12.8 Å². The van der Waals surface area contributed by atoms with Crippen LogP contribution in [0.15, 0.2) is 80.4 Å². The lowest BCUT2D eigenvalue weighted by Crippen LogP contribution is -1.85. The van der Waals surface area contributed by atoms with Gasteiger partial charge in [0.15, 0.2) is 0 Å². The van der Waals surface area contributed by atoms with Crippen molar-refractivity contribution in [3.05, 3.63) is 103 Å². The lowest BCUT2D eigenvalue weighted by Gasteiger charge is -2.02. The molecule has 0 nitrogen and oxygen atoms in total. The molecule has 8 rings (SSSR count). The molecule has 8 aromatic heterocycles. The van der Waals surface area contributed by atoms with E-state index in [1.54, 1.807) is 0 Å². The zero-order valence-electron chi connectivity index (χ0n) is 39.1. The number of halogens is 2. The monoisotopic (exact) mass is 1150 g/mol. The van der Waals surface area contributed by atoms with E-state index < -0.39 is 0 Å². The molecule has 0 unspecified atom stereocenters. The maximum atomic E-state index is 3.82. The Balaban J connectivity index is 1.06. The maximum absolute atomic E-state index is 3.82. The number of unbranched alkanes of at least 4 members (excludes halogenated alkanes) is 12. The van der Waals surface area contributed by atoms with E-state index in [0.29, 0.717) is 0 Å². The minimum Gasteiger partial charge on any atom is -0.134 e. The summed E-state index contributed by atoms with van der Waals surface area (Å²) in [6.45, 7) is 9.23. The van der Waals surface area contributed by atoms with Crippen molar-refractivity contribution in [1.82, 2.24) is 0 Å². The van der Waals surface area contributed by atoms with Crippen LogP contribution in [-0.2, 0) is 25.7 Å². The Hall–Kier alpha value is -1.44. The number of rotatable bonds is 27. The quantitative estimate of drug-likeness (QED) is 0.0450. The summed E-state index contributed by atoms with van der Waals surface area (Å²) >= 11 is 23.4. The maximum Gasteiger partial charge on any atom is 0.0708 e. The number of aryl methyl sites for hydroxylation is 4. The van der Waals surface area contributed by atoms with Crippen LogP contribution in [0.25, 0.3) is 68.3 Å². The molecule has 0 aliphatic rings. The molecular formula is C56H64Br2S8. The first-order valence-corrected chi connectivity index (χ1v) is 32.7. The van der Waals surface area contributed by atoms with Gasteiger partial charge in [-0.15, -0.1) is 90.7 Å². The second-order valence-corrected chi connectivity index (χ2v) is 28.9. The van der Waals surface area contributed by atoms with Gasteiger partial charge in [0, 0.05) is 68.3 Å². The molecule has 0 atom stereocenters. The van der Waals surface area contributed by atoms with Crippen molar-refractivity contribution < 1.29 is 0 Å². The molecule has 0 N–H and O–H groups in total. The Morgan fingerprint density at radius 2 is 0.530 bits per heavy atom. The van der Waals surface area contributed by atoms with Crippen molar-refractivity contribution in [2.45, 2.75) is 156 Å². The largest absolute Gasteiger partial charge is 0.134 e. The van der Waals surface area contributed by atoms with Gasteiger partial charge in [0.05, 0.1) is 7.57 Å². The van der Waals surface area contributed by atoms with Gasteiger partial charge >= 0.3 is 0 Å². The normalized spacial score (nSPS) is 11.8. The van der Waals surface area contributed by atoms with Crippen molar-refractivity contribution in [2.24, 2.45) is 0 Å². The van der Waals surface area contributed by atoms with Crippen LogP contribution in [0.2, 0.25) is 0 Å². The van der Waals surface area contributed by atoms with Crippen LogP contribution in [0, 0.1) is 0 Å². The topological polar surface area (TPSA) is 0 Å². The number of hydrogen-bond donors (Lipinski definition) is 0. The molecule has 0 aliphatic carbocycles. The second kappa shape index (κ2) is 25.6. The summed E-state index contributed by atoms with van der Waals surface area (Å²) in [6.07, 6.45) is 25.3. The predicted molar refractivity (Wildman–Crippen MR) is 314 cm³/mol. The molecule has 8 heterocycles. The third-order valence-electron chi connectivity index (χ3n) is 12.4. The third kappa shape index (κ3) is 13.1. The van der Waals surface area contributed by atoms with Gasteiger partial charge in [-0.3, -0.25) is 0 Å². The molecule has 0 aromatic carbocycles. The Bertz CT molecular complexity index is 2530. The molecule has 350 valence electrons. The molecule has 0 aliphatic heterocycles. The molecule has 0 fully saturated rings. The van der Waals surface area contributed by atoms with Crippen molar-refractivity contribution in [3.63, 3.8) is 0 Å². The molecule has 0 bridgehead atoms. The first kappa shape index (κ1) is 50.9. The van der Waals surface area contributed by atoms with Crippen molar-refractivity contribution in [2.75, 3.05) is 0 Å². The fourth-order valence-electron chi connectivity index (χ4n) is 8.81. The predicted octanol–water partition coefficient (Wildman–Crippen LogP) is 23.9. The van der Waals surface area contributed by atoms with Crippen LogP contribution in [0.1, 0.15) is 153 Å². The molecular weight excluding hydrogens is 1090 g/mol. The highest BCUT2D eigenvalue weighted by atomic mass is 79.9. The van der Waals surface area contributed by atoms with E-state index in [4.69, 9.17) is 0 Å². The summed E-state index contributed by atoms with van der Waals surface area (Å²) in [5.41, 5.74) is 6.08. The standard InChI is InChI=1S/C56H64Br2S8/c1-5-9-13-17-21-37-33-49(63-53(37)45-29-25-41(59-45)43-27-31-47(61-43)55-39(35-51(57)65-55)23-19-15-11-7-3)50-34-38(22-18-14-10-6-2)54(64-50)46-30-26-42(60-46)44-28-32-48(62-44)56-40(36-52(58)66-56)24-20-16-12-8-4/h25-36H,5-24H2,1-4H3. The van der Waals surface area contributed by atoms with Gasteiger partial charge < -0.3 is 0 Å². The average molecular weight is 1150 g/mol. The van der Waals surface area contributed by atoms with Crippen LogP contribution < -0.4 is 0 Å². The van der Waals surface area contributed by atoms with E-state index in [-0.39, 0.29) is 0 Å². The molecule has 0 saturated heterocycles. The van der Waals surface area contributed by atoms with E-state index >= 15 is 0 Å². The summed E-state index contributed by atoms with van der Waals surface area (Å²) in [7, 11) is 0. The fraction of sp³-hybridized carbons (Fsp3) is 0.429. The zero-order valence-corrected chi connectivity index (χ0v) is 48.8. The highest BCUT2D eigenvalue weighted by molar-refractivity contribution is 9.11. The highest BCUT2D eigenvalue weighted by Gasteiger charge is 2.22.